The lowest BCUT2D eigenvalue weighted by Gasteiger charge is -2.11. The number of nitriles is 1. The maximum atomic E-state index is 12.1. The van der Waals surface area contributed by atoms with Gasteiger partial charge in [0, 0.05) is 17.5 Å². The molecule has 102 valence electrons. The molecule has 3 heterocycles. The van der Waals surface area contributed by atoms with Gasteiger partial charge in [0.2, 0.25) is 0 Å². The predicted octanol–water partition coefficient (Wildman–Crippen LogP) is 1.81. The van der Waals surface area contributed by atoms with E-state index in [4.69, 9.17) is 4.52 Å². The average Bonchev–Trinajstić information content (AvgIpc) is 3.01. The van der Waals surface area contributed by atoms with Gasteiger partial charge in [0.25, 0.3) is 5.91 Å². The molecule has 0 aromatic carbocycles. The van der Waals surface area contributed by atoms with E-state index in [1.54, 1.807) is 13.0 Å². The van der Waals surface area contributed by atoms with Crippen molar-refractivity contribution in [3.05, 3.63) is 33.5 Å². The second kappa shape index (κ2) is 5.07. The van der Waals surface area contributed by atoms with Gasteiger partial charge < -0.3 is 15.2 Å². The molecule has 7 heteroatoms. The van der Waals surface area contributed by atoms with Crippen LogP contribution in [0.25, 0.3) is 0 Å². The maximum Gasteiger partial charge on any atom is 0.278 e. The normalized spacial score (nSPS) is 13.6. The van der Waals surface area contributed by atoms with Gasteiger partial charge in [-0.15, -0.1) is 11.3 Å². The van der Waals surface area contributed by atoms with Crippen molar-refractivity contribution in [2.45, 2.75) is 19.9 Å². The van der Waals surface area contributed by atoms with Crippen LogP contribution in [0.15, 0.2) is 10.6 Å². The Morgan fingerprint density at radius 2 is 2.50 bits per heavy atom. The van der Waals surface area contributed by atoms with E-state index in [0.29, 0.717) is 16.3 Å². The summed E-state index contributed by atoms with van der Waals surface area (Å²) in [6.07, 6.45) is 0.813. The summed E-state index contributed by atoms with van der Waals surface area (Å²) in [5.74, 6) is 0.218. The second-order valence-electron chi connectivity index (χ2n) is 4.52. The SMILES string of the molecule is Cc1cc(C(=O)Nc2sc3c(c2C#N)CCNC3)no1. The number of carbonyl (C=O) groups is 1. The Morgan fingerprint density at radius 3 is 3.20 bits per heavy atom. The molecule has 0 aliphatic carbocycles. The van der Waals surface area contributed by atoms with Crippen molar-refractivity contribution in [1.29, 1.82) is 5.26 Å². The van der Waals surface area contributed by atoms with Crippen LogP contribution < -0.4 is 10.6 Å². The zero-order valence-electron chi connectivity index (χ0n) is 10.8. The van der Waals surface area contributed by atoms with E-state index in [-0.39, 0.29) is 11.6 Å². The fourth-order valence-electron chi connectivity index (χ4n) is 2.18. The molecule has 1 aliphatic rings. The molecule has 2 N–H and O–H groups in total. The van der Waals surface area contributed by atoms with Crippen molar-refractivity contribution in [2.75, 3.05) is 11.9 Å². The number of nitrogens with one attached hydrogen (secondary N) is 2. The first-order valence-electron chi connectivity index (χ1n) is 6.19. The summed E-state index contributed by atoms with van der Waals surface area (Å²) < 4.78 is 4.88. The molecule has 0 saturated carbocycles. The van der Waals surface area contributed by atoms with E-state index in [2.05, 4.69) is 21.9 Å². The van der Waals surface area contributed by atoms with E-state index < -0.39 is 0 Å². The standard InChI is InChI=1S/C13H12N4O2S/c1-7-4-10(17-19-7)12(18)16-13-9(5-14)8-2-3-15-6-11(8)20-13/h4,15H,2-3,6H2,1H3,(H,16,18). The molecule has 0 atom stereocenters. The summed E-state index contributed by atoms with van der Waals surface area (Å²) in [4.78, 5) is 13.2. The third-order valence-corrected chi connectivity index (χ3v) is 4.27. The molecule has 20 heavy (non-hydrogen) atoms. The van der Waals surface area contributed by atoms with Gasteiger partial charge in [0.1, 0.15) is 16.8 Å². The molecule has 3 rings (SSSR count). The van der Waals surface area contributed by atoms with Crippen LogP contribution in [0.2, 0.25) is 0 Å². The van der Waals surface area contributed by atoms with Gasteiger partial charge in [-0.3, -0.25) is 4.79 Å². The molecular weight excluding hydrogens is 276 g/mol. The van der Waals surface area contributed by atoms with Crippen LogP contribution in [0.4, 0.5) is 5.00 Å². The highest BCUT2D eigenvalue weighted by Gasteiger charge is 2.22. The molecule has 1 amide bonds. The highest BCUT2D eigenvalue weighted by Crippen LogP contribution is 2.34. The summed E-state index contributed by atoms with van der Waals surface area (Å²) in [6.45, 7) is 3.32. The largest absolute Gasteiger partial charge is 0.361 e. The minimum Gasteiger partial charge on any atom is -0.361 e. The molecule has 0 fully saturated rings. The second-order valence-corrected chi connectivity index (χ2v) is 5.63. The zero-order chi connectivity index (χ0) is 14.1. The molecule has 2 aromatic heterocycles. The number of thiophene rings is 1. The first-order chi connectivity index (χ1) is 9.69. The van der Waals surface area contributed by atoms with Crippen molar-refractivity contribution in [2.24, 2.45) is 0 Å². The van der Waals surface area contributed by atoms with Crippen LogP contribution in [-0.2, 0) is 13.0 Å². The number of hydrogen-bond acceptors (Lipinski definition) is 6. The zero-order valence-corrected chi connectivity index (χ0v) is 11.6. The van der Waals surface area contributed by atoms with Crippen molar-refractivity contribution in [3.8, 4) is 6.07 Å². The summed E-state index contributed by atoms with van der Waals surface area (Å²) >= 11 is 1.44. The summed E-state index contributed by atoms with van der Waals surface area (Å²) in [6, 6.07) is 3.76. The number of fused-ring (bicyclic) bond motifs is 1. The van der Waals surface area contributed by atoms with E-state index >= 15 is 0 Å². The minimum atomic E-state index is -0.357. The van der Waals surface area contributed by atoms with E-state index in [9.17, 15) is 10.1 Å². The average molecular weight is 288 g/mol. The van der Waals surface area contributed by atoms with Crippen molar-refractivity contribution in [1.82, 2.24) is 10.5 Å². The molecule has 0 saturated heterocycles. The van der Waals surface area contributed by atoms with Crippen molar-refractivity contribution >= 4 is 22.2 Å². The Labute approximate surface area is 119 Å². The molecule has 6 nitrogen and oxygen atoms in total. The fraction of sp³-hybridized carbons (Fsp3) is 0.308. The van der Waals surface area contributed by atoms with Crippen molar-refractivity contribution in [3.63, 3.8) is 0 Å². The molecule has 0 spiro atoms. The van der Waals surface area contributed by atoms with E-state index in [1.807, 2.05) is 0 Å². The van der Waals surface area contributed by atoms with E-state index in [0.717, 1.165) is 30.0 Å². The topological polar surface area (TPSA) is 91.0 Å². The monoisotopic (exact) mass is 288 g/mol. The van der Waals surface area contributed by atoms with Gasteiger partial charge in [-0.25, -0.2) is 0 Å². The first kappa shape index (κ1) is 12.8. The molecule has 1 aliphatic heterocycles. The number of carbonyl (C=O) groups excluding carboxylic acids is 1. The molecule has 0 radical (unpaired) electrons. The van der Waals surface area contributed by atoms with Gasteiger partial charge in [0.15, 0.2) is 5.69 Å². The van der Waals surface area contributed by atoms with Crippen LogP contribution in [0, 0.1) is 18.3 Å². The molecular formula is C13H12N4O2S. The summed E-state index contributed by atoms with van der Waals surface area (Å²) in [7, 11) is 0. The Morgan fingerprint density at radius 1 is 1.65 bits per heavy atom. The van der Waals surface area contributed by atoms with Gasteiger partial charge in [0.05, 0.1) is 5.56 Å². The van der Waals surface area contributed by atoms with Crippen LogP contribution in [-0.4, -0.2) is 17.6 Å². The molecule has 0 bridgehead atoms. The van der Waals surface area contributed by atoms with Gasteiger partial charge in [-0.1, -0.05) is 5.16 Å². The summed E-state index contributed by atoms with van der Waals surface area (Å²) in [5, 5.41) is 19.6. The maximum absolute atomic E-state index is 12.1. The van der Waals surface area contributed by atoms with Gasteiger partial charge in [-0.05, 0) is 25.5 Å². The van der Waals surface area contributed by atoms with E-state index in [1.165, 1.54) is 11.3 Å². The Kier molecular flexibility index (Phi) is 3.26. The molecule has 2 aromatic rings. The third kappa shape index (κ3) is 2.19. The number of hydrogen-bond donors (Lipinski definition) is 2. The Hall–Kier alpha value is -2.17. The highest BCUT2D eigenvalue weighted by atomic mass is 32.1. The Balaban J connectivity index is 1.89. The third-order valence-electron chi connectivity index (χ3n) is 3.13. The van der Waals surface area contributed by atoms with Crippen LogP contribution in [0.3, 0.4) is 0 Å². The minimum absolute atomic E-state index is 0.218. The number of aromatic nitrogens is 1. The lowest BCUT2D eigenvalue weighted by atomic mass is 10.1. The number of anilines is 1. The van der Waals surface area contributed by atoms with Gasteiger partial charge >= 0.3 is 0 Å². The lowest BCUT2D eigenvalue weighted by molar-refractivity contribution is 0.101. The first-order valence-corrected chi connectivity index (χ1v) is 7.00. The van der Waals surface area contributed by atoms with Crippen LogP contribution in [0.1, 0.15) is 32.3 Å². The quantitative estimate of drug-likeness (QED) is 0.879. The van der Waals surface area contributed by atoms with Gasteiger partial charge in [-0.2, -0.15) is 5.26 Å². The Bertz CT molecular complexity index is 711. The van der Waals surface area contributed by atoms with Crippen LogP contribution in [0.5, 0.6) is 0 Å². The number of nitrogens with zero attached hydrogens (tertiary/aromatic N) is 2. The summed E-state index contributed by atoms with van der Waals surface area (Å²) in [5.41, 5.74) is 1.83. The highest BCUT2D eigenvalue weighted by molar-refractivity contribution is 7.16. The number of amides is 1. The van der Waals surface area contributed by atoms with Crippen LogP contribution >= 0.6 is 11.3 Å². The molecule has 0 unspecified atom stereocenters. The lowest BCUT2D eigenvalue weighted by Crippen LogP contribution is -2.22. The predicted molar refractivity (Wildman–Crippen MR) is 73.6 cm³/mol. The number of aryl methyl sites for hydroxylation is 1. The number of rotatable bonds is 2. The van der Waals surface area contributed by atoms with Crippen molar-refractivity contribution < 1.29 is 9.32 Å². The fourth-order valence-corrected chi connectivity index (χ4v) is 3.34. The smallest absolute Gasteiger partial charge is 0.278 e.